The first-order valence-corrected chi connectivity index (χ1v) is 3.87. The van der Waals surface area contributed by atoms with Crippen LogP contribution in [-0.4, -0.2) is 33.9 Å². The van der Waals surface area contributed by atoms with Gasteiger partial charge in [0.15, 0.2) is 6.10 Å². The molecular formula is C7H8N2O6. The summed E-state index contributed by atoms with van der Waals surface area (Å²) in [5, 5.41) is 30.5. The summed E-state index contributed by atoms with van der Waals surface area (Å²) < 4.78 is 4.55. The van der Waals surface area contributed by atoms with Crippen LogP contribution in [0.5, 0.6) is 0 Å². The first kappa shape index (κ1) is 11.3. The van der Waals surface area contributed by atoms with E-state index in [1.54, 1.807) is 0 Å². The Morgan fingerprint density at radius 3 is 2.53 bits per heavy atom. The number of nitrogens with zero attached hydrogens (tertiary/aromatic N) is 2. The molecule has 82 valence electrons. The molecular weight excluding hydrogens is 208 g/mol. The van der Waals surface area contributed by atoms with Gasteiger partial charge in [0.05, 0.1) is 9.85 Å². The van der Waals surface area contributed by atoms with Gasteiger partial charge in [-0.05, 0) is 6.08 Å². The number of allylic oxidation sites excluding steroid dienone is 1. The molecule has 1 aliphatic carbocycles. The standard InChI is InChI=1S/C7H8N2O6/c1-15-7(9(13)14)4-5(8(11)12)2-3-6(7)10/h2-4,6,10H,1H3. The maximum absolute atomic E-state index is 10.7. The van der Waals surface area contributed by atoms with Gasteiger partial charge in [-0.25, -0.2) is 0 Å². The predicted octanol–water partition coefficient (Wildman–Crippen LogP) is -0.303. The van der Waals surface area contributed by atoms with E-state index >= 15 is 0 Å². The minimum atomic E-state index is -2.28. The Kier molecular flexibility index (Phi) is 2.82. The summed E-state index contributed by atoms with van der Waals surface area (Å²) in [6, 6.07) is 0. The van der Waals surface area contributed by atoms with Crippen LogP contribution < -0.4 is 0 Å². The van der Waals surface area contributed by atoms with Crippen molar-refractivity contribution in [3.63, 3.8) is 0 Å². The Morgan fingerprint density at radius 2 is 2.13 bits per heavy atom. The molecule has 2 atom stereocenters. The van der Waals surface area contributed by atoms with Crippen molar-refractivity contribution in [3.05, 3.63) is 44.2 Å². The van der Waals surface area contributed by atoms with Gasteiger partial charge in [0.25, 0.3) is 5.70 Å². The molecule has 1 rings (SSSR count). The van der Waals surface area contributed by atoms with Gasteiger partial charge < -0.3 is 9.84 Å². The van der Waals surface area contributed by atoms with E-state index in [9.17, 15) is 25.3 Å². The van der Waals surface area contributed by atoms with Gasteiger partial charge >= 0.3 is 5.72 Å². The molecule has 0 amide bonds. The zero-order valence-electron chi connectivity index (χ0n) is 7.69. The Morgan fingerprint density at radius 1 is 1.53 bits per heavy atom. The molecule has 0 fully saturated rings. The average Bonchev–Trinajstić information content (AvgIpc) is 2.18. The summed E-state index contributed by atoms with van der Waals surface area (Å²) >= 11 is 0. The van der Waals surface area contributed by atoms with Crippen molar-refractivity contribution in [2.24, 2.45) is 0 Å². The summed E-state index contributed by atoms with van der Waals surface area (Å²) in [5.41, 5.74) is -2.77. The number of hydrogen-bond acceptors (Lipinski definition) is 6. The summed E-state index contributed by atoms with van der Waals surface area (Å²) in [7, 11) is 0.999. The lowest BCUT2D eigenvalue weighted by Gasteiger charge is -2.24. The van der Waals surface area contributed by atoms with Crippen molar-refractivity contribution in [2.75, 3.05) is 7.11 Å². The fraction of sp³-hybridized carbons (Fsp3) is 0.429. The molecule has 1 aliphatic rings. The molecule has 0 aromatic rings. The number of nitro groups is 2. The Labute approximate surface area is 83.8 Å². The second kappa shape index (κ2) is 3.75. The SMILES string of the molecule is COC1([N+](=O)[O-])C=C([N+](=O)[O-])C=CC1O. The van der Waals surface area contributed by atoms with E-state index in [1.165, 1.54) is 0 Å². The normalized spacial score (nSPS) is 29.7. The van der Waals surface area contributed by atoms with Crippen molar-refractivity contribution >= 4 is 0 Å². The largest absolute Gasteiger partial charge is 0.380 e. The summed E-state index contributed by atoms with van der Waals surface area (Å²) in [6.45, 7) is 0. The number of hydrogen-bond donors (Lipinski definition) is 1. The lowest BCUT2D eigenvalue weighted by Crippen LogP contribution is -2.50. The second-order valence-corrected chi connectivity index (χ2v) is 2.84. The third-order valence-electron chi connectivity index (χ3n) is 2.05. The molecule has 0 spiro atoms. The monoisotopic (exact) mass is 216 g/mol. The van der Waals surface area contributed by atoms with Crippen molar-refractivity contribution in [1.82, 2.24) is 0 Å². The lowest BCUT2D eigenvalue weighted by atomic mass is 10.00. The lowest BCUT2D eigenvalue weighted by molar-refractivity contribution is -0.622. The van der Waals surface area contributed by atoms with Gasteiger partial charge in [0.1, 0.15) is 6.08 Å². The Bertz CT molecular complexity index is 362. The van der Waals surface area contributed by atoms with Gasteiger partial charge in [0, 0.05) is 13.2 Å². The Balaban J connectivity index is 3.21. The highest BCUT2D eigenvalue weighted by molar-refractivity contribution is 5.24. The van der Waals surface area contributed by atoms with Crippen LogP contribution in [0.1, 0.15) is 0 Å². The summed E-state index contributed by atoms with van der Waals surface area (Å²) in [5.74, 6) is 0. The van der Waals surface area contributed by atoms with Crippen molar-refractivity contribution in [1.29, 1.82) is 0 Å². The van der Waals surface area contributed by atoms with Crippen LogP contribution >= 0.6 is 0 Å². The van der Waals surface area contributed by atoms with Gasteiger partial charge in [-0.3, -0.25) is 20.2 Å². The average molecular weight is 216 g/mol. The molecule has 1 N–H and O–H groups in total. The molecule has 8 heteroatoms. The first-order valence-electron chi connectivity index (χ1n) is 3.87. The molecule has 0 heterocycles. The predicted molar refractivity (Wildman–Crippen MR) is 47.0 cm³/mol. The van der Waals surface area contributed by atoms with Gasteiger partial charge in [-0.1, -0.05) is 0 Å². The van der Waals surface area contributed by atoms with E-state index in [2.05, 4.69) is 4.74 Å². The molecule has 0 bridgehead atoms. The number of ether oxygens (including phenoxy) is 1. The van der Waals surface area contributed by atoms with Crippen LogP contribution in [0, 0.1) is 20.2 Å². The van der Waals surface area contributed by atoms with Crippen LogP contribution in [0.25, 0.3) is 0 Å². The molecule has 15 heavy (non-hydrogen) atoms. The number of aliphatic hydroxyl groups excluding tert-OH is 1. The first-order chi connectivity index (χ1) is 6.94. The molecule has 0 aliphatic heterocycles. The third kappa shape index (κ3) is 1.72. The van der Waals surface area contributed by atoms with Crippen molar-refractivity contribution in [2.45, 2.75) is 11.8 Å². The molecule has 0 radical (unpaired) electrons. The maximum atomic E-state index is 10.7. The molecule has 0 aromatic heterocycles. The van der Waals surface area contributed by atoms with Crippen molar-refractivity contribution in [3.8, 4) is 0 Å². The zero-order chi connectivity index (χ0) is 11.6. The van der Waals surface area contributed by atoms with Gasteiger partial charge in [-0.15, -0.1) is 0 Å². The highest BCUT2D eigenvalue weighted by atomic mass is 16.7. The van der Waals surface area contributed by atoms with E-state index < -0.39 is 27.4 Å². The minimum Gasteiger partial charge on any atom is -0.379 e. The fourth-order valence-electron chi connectivity index (χ4n) is 1.20. The van der Waals surface area contributed by atoms with Crippen LogP contribution in [0.15, 0.2) is 23.9 Å². The van der Waals surface area contributed by atoms with Crippen LogP contribution in [-0.2, 0) is 4.74 Å². The van der Waals surface area contributed by atoms with E-state index in [0.29, 0.717) is 6.08 Å². The molecule has 0 aromatic carbocycles. The summed E-state index contributed by atoms with van der Waals surface area (Å²) in [4.78, 5) is 19.4. The zero-order valence-corrected chi connectivity index (χ0v) is 7.69. The Hall–Kier alpha value is -1.80. The molecule has 2 unspecified atom stereocenters. The molecule has 0 saturated heterocycles. The van der Waals surface area contributed by atoms with Crippen LogP contribution in [0.2, 0.25) is 0 Å². The van der Waals surface area contributed by atoms with Gasteiger partial charge in [-0.2, -0.15) is 0 Å². The molecule has 8 nitrogen and oxygen atoms in total. The minimum absolute atomic E-state index is 0.487. The fourth-order valence-corrected chi connectivity index (χ4v) is 1.20. The topological polar surface area (TPSA) is 116 Å². The van der Waals surface area contributed by atoms with Crippen molar-refractivity contribution < 1.29 is 19.7 Å². The van der Waals surface area contributed by atoms with Crippen LogP contribution in [0.3, 0.4) is 0 Å². The third-order valence-corrected chi connectivity index (χ3v) is 2.05. The summed E-state index contributed by atoms with van der Waals surface area (Å²) in [6.07, 6.45) is 1.06. The van der Waals surface area contributed by atoms with Gasteiger partial charge in [0.2, 0.25) is 0 Å². The second-order valence-electron chi connectivity index (χ2n) is 2.84. The smallest absolute Gasteiger partial charge is 0.379 e. The van der Waals surface area contributed by atoms with Crippen LogP contribution in [0.4, 0.5) is 0 Å². The number of aliphatic hydroxyl groups is 1. The number of methoxy groups -OCH3 is 1. The van der Waals surface area contributed by atoms with E-state index in [4.69, 9.17) is 0 Å². The van der Waals surface area contributed by atoms with E-state index in [1.807, 2.05) is 0 Å². The quantitative estimate of drug-likeness (QED) is 0.393. The van der Waals surface area contributed by atoms with E-state index in [-0.39, 0.29) is 0 Å². The highest BCUT2D eigenvalue weighted by Crippen LogP contribution is 2.26. The number of rotatable bonds is 3. The van der Waals surface area contributed by atoms with E-state index in [0.717, 1.165) is 19.3 Å². The highest BCUT2D eigenvalue weighted by Gasteiger charge is 2.51. The maximum Gasteiger partial charge on any atom is 0.380 e. The molecule has 0 saturated carbocycles.